The van der Waals surface area contributed by atoms with Gasteiger partial charge in [0.2, 0.25) is 0 Å². The van der Waals surface area contributed by atoms with Crippen molar-refractivity contribution in [2.24, 2.45) is 17.8 Å². The van der Waals surface area contributed by atoms with Gasteiger partial charge in [-0.1, -0.05) is 5.16 Å². The standard InChI is InChI=1S/C14H19NO2/c16-8-12-4-13(17-15-12)14-5-9-1-10(6-14)3-11(2-9)7-14/h4,9-11,16H,1-3,5-8H2. The van der Waals surface area contributed by atoms with Crippen molar-refractivity contribution in [2.75, 3.05) is 0 Å². The molecule has 17 heavy (non-hydrogen) atoms. The Kier molecular flexibility index (Phi) is 1.99. The minimum absolute atomic E-state index is 0.00410. The van der Waals surface area contributed by atoms with Crippen molar-refractivity contribution in [2.45, 2.75) is 50.5 Å². The van der Waals surface area contributed by atoms with Gasteiger partial charge >= 0.3 is 0 Å². The molecule has 0 amide bonds. The van der Waals surface area contributed by atoms with Crippen molar-refractivity contribution >= 4 is 0 Å². The molecule has 0 atom stereocenters. The monoisotopic (exact) mass is 233 g/mol. The highest BCUT2D eigenvalue weighted by Gasteiger charge is 2.53. The summed E-state index contributed by atoms with van der Waals surface area (Å²) in [5.74, 6) is 3.82. The van der Waals surface area contributed by atoms with E-state index < -0.39 is 0 Å². The molecule has 5 rings (SSSR count). The van der Waals surface area contributed by atoms with Crippen LogP contribution in [0.15, 0.2) is 10.6 Å². The third-order valence-corrected chi connectivity index (χ3v) is 5.28. The van der Waals surface area contributed by atoms with E-state index in [1.807, 2.05) is 6.07 Å². The SMILES string of the molecule is OCc1cc(C23CC4CC(CC(C4)C2)C3)on1. The fourth-order valence-corrected chi connectivity index (χ4v) is 5.05. The van der Waals surface area contributed by atoms with Gasteiger partial charge in [0.25, 0.3) is 0 Å². The van der Waals surface area contributed by atoms with Gasteiger partial charge in [0.1, 0.15) is 11.5 Å². The number of rotatable bonds is 2. The van der Waals surface area contributed by atoms with Crippen LogP contribution in [0.2, 0.25) is 0 Å². The fourth-order valence-electron chi connectivity index (χ4n) is 5.05. The summed E-state index contributed by atoms with van der Waals surface area (Å²) >= 11 is 0. The average molecular weight is 233 g/mol. The van der Waals surface area contributed by atoms with E-state index in [1.54, 1.807) is 0 Å². The third-order valence-electron chi connectivity index (χ3n) is 5.28. The molecule has 3 heteroatoms. The maximum Gasteiger partial charge on any atom is 0.143 e. The van der Waals surface area contributed by atoms with Crippen LogP contribution in [0.1, 0.15) is 50.0 Å². The molecule has 1 heterocycles. The molecular formula is C14H19NO2. The molecular weight excluding hydrogens is 214 g/mol. The molecule has 4 aliphatic rings. The molecule has 3 nitrogen and oxygen atoms in total. The van der Waals surface area contributed by atoms with Crippen molar-refractivity contribution in [1.82, 2.24) is 5.16 Å². The maximum atomic E-state index is 9.11. The first-order chi connectivity index (χ1) is 8.27. The predicted molar refractivity (Wildman–Crippen MR) is 62.3 cm³/mol. The summed E-state index contributed by atoms with van der Waals surface area (Å²) in [5.41, 5.74) is 0.963. The van der Waals surface area contributed by atoms with Crippen LogP contribution in [0, 0.1) is 17.8 Å². The summed E-state index contributed by atoms with van der Waals surface area (Å²) in [6.45, 7) is -0.00410. The number of hydrogen-bond donors (Lipinski definition) is 1. The minimum Gasteiger partial charge on any atom is -0.390 e. The lowest BCUT2D eigenvalue weighted by molar-refractivity contribution is -0.0175. The first-order valence-electron chi connectivity index (χ1n) is 6.84. The number of aliphatic hydroxyl groups is 1. The summed E-state index contributed by atoms with van der Waals surface area (Å²) in [5, 5.41) is 13.1. The Hall–Kier alpha value is -0.830. The number of nitrogens with zero attached hydrogens (tertiary/aromatic N) is 1. The van der Waals surface area contributed by atoms with Gasteiger partial charge in [-0.3, -0.25) is 0 Å². The quantitative estimate of drug-likeness (QED) is 0.854. The number of hydrogen-bond acceptors (Lipinski definition) is 3. The Morgan fingerprint density at radius 1 is 1.18 bits per heavy atom. The Bertz CT molecular complexity index is 402. The van der Waals surface area contributed by atoms with Gasteiger partial charge in [-0.25, -0.2) is 0 Å². The van der Waals surface area contributed by atoms with Crippen molar-refractivity contribution in [3.8, 4) is 0 Å². The van der Waals surface area contributed by atoms with E-state index in [9.17, 15) is 0 Å². The molecule has 1 aromatic rings. The first kappa shape index (κ1) is 10.1. The molecule has 0 unspecified atom stereocenters. The Balaban J connectivity index is 1.72. The van der Waals surface area contributed by atoms with Gasteiger partial charge in [0.05, 0.1) is 6.61 Å². The van der Waals surface area contributed by atoms with Crippen molar-refractivity contribution in [1.29, 1.82) is 0 Å². The summed E-state index contributed by atoms with van der Waals surface area (Å²) in [6, 6.07) is 1.99. The molecule has 1 aromatic heterocycles. The van der Waals surface area contributed by atoms with Gasteiger partial charge in [0.15, 0.2) is 0 Å². The van der Waals surface area contributed by atoms with E-state index in [4.69, 9.17) is 9.63 Å². The fraction of sp³-hybridized carbons (Fsp3) is 0.786. The third kappa shape index (κ3) is 1.41. The molecule has 4 aliphatic carbocycles. The van der Waals surface area contributed by atoms with E-state index in [0.717, 1.165) is 23.5 Å². The van der Waals surface area contributed by atoms with Crippen LogP contribution in [0.25, 0.3) is 0 Å². The summed E-state index contributed by atoms with van der Waals surface area (Å²) < 4.78 is 5.53. The van der Waals surface area contributed by atoms with Gasteiger partial charge in [-0.2, -0.15) is 0 Å². The Morgan fingerprint density at radius 3 is 2.24 bits per heavy atom. The number of aliphatic hydroxyl groups excluding tert-OH is 1. The largest absolute Gasteiger partial charge is 0.390 e. The van der Waals surface area contributed by atoms with Crippen LogP contribution in [-0.4, -0.2) is 10.3 Å². The molecule has 92 valence electrons. The summed E-state index contributed by atoms with van der Waals surface area (Å²) in [7, 11) is 0. The van der Waals surface area contributed by atoms with E-state index in [1.165, 1.54) is 38.5 Å². The van der Waals surface area contributed by atoms with Crippen molar-refractivity contribution in [3.63, 3.8) is 0 Å². The van der Waals surface area contributed by atoms with Crippen LogP contribution in [0.4, 0.5) is 0 Å². The second-order valence-corrected chi connectivity index (χ2v) is 6.54. The van der Waals surface area contributed by atoms with Gasteiger partial charge in [-0.05, 0) is 56.3 Å². The van der Waals surface area contributed by atoms with Gasteiger partial charge < -0.3 is 9.63 Å². The highest BCUT2D eigenvalue weighted by Crippen LogP contribution is 2.60. The highest BCUT2D eigenvalue weighted by molar-refractivity contribution is 5.21. The molecule has 0 spiro atoms. The Morgan fingerprint density at radius 2 is 1.76 bits per heavy atom. The normalized spacial score (nSPS) is 43.2. The zero-order valence-corrected chi connectivity index (χ0v) is 10.1. The van der Waals surface area contributed by atoms with Crippen LogP contribution < -0.4 is 0 Å². The van der Waals surface area contributed by atoms with Gasteiger partial charge in [0, 0.05) is 11.5 Å². The molecule has 0 radical (unpaired) electrons. The molecule has 0 aromatic carbocycles. The summed E-state index contributed by atoms with van der Waals surface area (Å²) in [4.78, 5) is 0. The molecule has 1 N–H and O–H groups in total. The highest BCUT2D eigenvalue weighted by atomic mass is 16.5. The maximum absolute atomic E-state index is 9.11. The average Bonchev–Trinajstić information content (AvgIpc) is 2.76. The predicted octanol–water partition coefficient (Wildman–Crippen LogP) is 2.63. The van der Waals surface area contributed by atoms with E-state index in [2.05, 4.69) is 5.16 Å². The molecule has 0 saturated heterocycles. The van der Waals surface area contributed by atoms with E-state index >= 15 is 0 Å². The molecule has 4 bridgehead atoms. The molecule has 4 saturated carbocycles. The minimum atomic E-state index is -0.00410. The van der Waals surface area contributed by atoms with Crippen LogP contribution in [0.3, 0.4) is 0 Å². The van der Waals surface area contributed by atoms with Crippen molar-refractivity contribution in [3.05, 3.63) is 17.5 Å². The van der Waals surface area contributed by atoms with Crippen LogP contribution in [0.5, 0.6) is 0 Å². The molecule has 4 fully saturated rings. The second kappa shape index (κ2) is 3.35. The van der Waals surface area contributed by atoms with Gasteiger partial charge in [-0.15, -0.1) is 0 Å². The number of aromatic nitrogens is 1. The Labute approximate surface area is 101 Å². The van der Waals surface area contributed by atoms with Crippen LogP contribution in [-0.2, 0) is 12.0 Å². The lowest BCUT2D eigenvalue weighted by Crippen LogP contribution is -2.48. The molecule has 0 aliphatic heterocycles. The zero-order valence-electron chi connectivity index (χ0n) is 10.1. The first-order valence-corrected chi connectivity index (χ1v) is 6.84. The van der Waals surface area contributed by atoms with Crippen molar-refractivity contribution < 1.29 is 9.63 Å². The van der Waals surface area contributed by atoms with E-state index in [-0.39, 0.29) is 12.0 Å². The second-order valence-electron chi connectivity index (χ2n) is 6.54. The smallest absolute Gasteiger partial charge is 0.143 e. The zero-order chi connectivity index (χ0) is 11.5. The topological polar surface area (TPSA) is 46.3 Å². The van der Waals surface area contributed by atoms with E-state index in [0.29, 0.717) is 5.69 Å². The summed E-state index contributed by atoms with van der Waals surface area (Å²) in [6.07, 6.45) is 8.21. The lowest BCUT2D eigenvalue weighted by Gasteiger charge is -2.55. The van der Waals surface area contributed by atoms with Crippen LogP contribution >= 0.6 is 0 Å². The lowest BCUT2D eigenvalue weighted by atomic mass is 9.49.